The van der Waals surface area contributed by atoms with Crippen molar-refractivity contribution in [1.82, 2.24) is 0 Å². The molecule has 0 nitrogen and oxygen atoms in total. The van der Waals surface area contributed by atoms with E-state index in [0.717, 1.165) is 0 Å². The first-order chi connectivity index (χ1) is 23.6. The molecule has 5 heteroatoms. The standard InChI is InChI=1S/C51H75Si.3ClH.Ti/c1-32-33(2)35(4)45(34(32)3)52(42-26-36(46(5,6)7)23-37(27-42)47(8,9)10,43-28-38(48(11,12)13)24-39(29-43)49(14,15)16)44-30-40(50(17,18)19)25-41(31-44)51(20,21)22;;;;/h23-31H,1-22H3;3*1H;/q;;;;+3/p-3. The first-order valence-corrected chi connectivity index (χ1v) is 23.0. The van der Waals surface area contributed by atoms with Gasteiger partial charge in [0.15, 0.2) is 0 Å². The molecule has 0 N–H and O–H groups in total. The third-order valence-electron chi connectivity index (χ3n) is 12.7. The summed E-state index contributed by atoms with van der Waals surface area (Å²) in [5.41, 5.74) is 14.5. The summed E-state index contributed by atoms with van der Waals surface area (Å²) < 4.78 is -0.218. The molecule has 308 valence electrons. The van der Waals surface area contributed by atoms with Gasteiger partial charge in [-0.25, -0.2) is 0 Å². The first kappa shape index (κ1) is 53.0. The van der Waals surface area contributed by atoms with Crippen LogP contribution in [0.4, 0.5) is 0 Å². The molecule has 0 saturated carbocycles. The summed E-state index contributed by atoms with van der Waals surface area (Å²) >= 11 is 2.66. The molecule has 56 heavy (non-hydrogen) atoms. The van der Waals surface area contributed by atoms with Gasteiger partial charge in [-0.15, -0.1) is 0 Å². The van der Waals surface area contributed by atoms with E-state index < -0.39 is 8.07 Å². The largest absolute Gasteiger partial charge is 1.00 e. The van der Waals surface area contributed by atoms with Crippen LogP contribution in [-0.4, -0.2) is 8.07 Å². The van der Waals surface area contributed by atoms with Gasteiger partial charge in [-0.05, 0) is 0 Å². The molecule has 0 saturated heterocycles. The molecule has 0 atom stereocenters. The fraction of sp³-hybridized carbons (Fsp3) is 0.569. The van der Waals surface area contributed by atoms with E-state index in [1.54, 1.807) is 0 Å². The topological polar surface area (TPSA) is 0 Å². The molecule has 0 heterocycles. The van der Waals surface area contributed by atoms with Crippen molar-refractivity contribution in [1.29, 1.82) is 0 Å². The predicted octanol–water partition coefficient (Wildman–Crippen LogP) is 3.88. The van der Waals surface area contributed by atoms with Crippen molar-refractivity contribution in [3.05, 3.63) is 110 Å². The quantitative estimate of drug-likeness (QED) is 0.276. The van der Waals surface area contributed by atoms with Crippen LogP contribution >= 0.6 is 0 Å². The molecule has 0 radical (unpaired) electrons. The van der Waals surface area contributed by atoms with Gasteiger partial charge >= 0.3 is 342 Å². The summed E-state index contributed by atoms with van der Waals surface area (Å²) in [7, 11) is -3.10. The molecule has 3 aromatic carbocycles. The summed E-state index contributed by atoms with van der Waals surface area (Å²) in [6.45, 7) is 53.0. The van der Waals surface area contributed by atoms with Gasteiger partial charge in [0.25, 0.3) is 0 Å². The fourth-order valence-corrected chi connectivity index (χ4v) is 16.9. The van der Waals surface area contributed by atoms with Gasteiger partial charge in [0.05, 0.1) is 0 Å². The SMILES string of the molecule is CC1=C(C)[C]([Ti+3])([Si](c2cc(C(C)(C)C)cc(C(C)(C)C)c2)(c2cc(C(C)(C)C)cc(C(C)(C)C)c2)c2cc(C(C)(C)C)cc(C(C)(C)C)c2)C(C)=C1C.[Cl-].[Cl-].[Cl-]. The summed E-state index contributed by atoms with van der Waals surface area (Å²) in [6, 6.07) is 23.7. The van der Waals surface area contributed by atoms with Crippen LogP contribution in [0.5, 0.6) is 0 Å². The van der Waals surface area contributed by atoms with Crippen LogP contribution in [0.25, 0.3) is 0 Å². The molecule has 0 fully saturated rings. The van der Waals surface area contributed by atoms with Crippen LogP contribution in [-0.2, 0) is 52.9 Å². The Balaban J connectivity index is 0.00000523. The average molecular weight is 870 g/mol. The molecule has 0 aliphatic heterocycles. The second-order valence-electron chi connectivity index (χ2n) is 22.9. The fourth-order valence-electron chi connectivity index (χ4n) is 8.25. The molecule has 0 bridgehead atoms. The van der Waals surface area contributed by atoms with Gasteiger partial charge in [0, 0.05) is 0 Å². The van der Waals surface area contributed by atoms with E-state index >= 15 is 0 Å². The molecule has 0 aromatic heterocycles. The molecule has 1 aliphatic rings. The van der Waals surface area contributed by atoms with Crippen molar-refractivity contribution < 1.29 is 57.7 Å². The van der Waals surface area contributed by atoms with Gasteiger partial charge in [-0.3, -0.25) is 0 Å². The Morgan fingerprint density at radius 2 is 0.500 bits per heavy atom. The second kappa shape index (κ2) is 16.8. The maximum atomic E-state index is 2.68. The zero-order chi connectivity index (χ0) is 40.9. The van der Waals surface area contributed by atoms with Crippen molar-refractivity contribution in [2.45, 2.75) is 188 Å². The first-order valence-electron chi connectivity index (χ1n) is 20.2. The Morgan fingerprint density at radius 3 is 0.643 bits per heavy atom. The summed E-state index contributed by atoms with van der Waals surface area (Å²) in [5, 5.41) is 4.61. The van der Waals surface area contributed by atoms with E-state index in [-0.39, 0.29) is 73.1 Å². The molecule has 1 aliphatic carbocycles. The van der Waals surface area contributed by atoms with Crippen LogP contribution in [0.15, 0.2) is 76.9 Å². The van der Waals surface area contributed by atoms with Crippen molar-refractivity contribution in [3.63, 3.8) is 0 Å². The molecular formula is C51H75Cl3SiTi. The Labute approximate surface area is 377 Å². The number of rotatable bonds is 4. The maximum Gasteiger partial charge on any atom is -1.00 e. The number of halogens is 3. The summed E-state index contributed by atoms with van der Waals surface area (Å²) in [4.78, 5) is 0. The normalized spacial score (nSPS) is 15.7. The smallest absolute Gasteiger partial charge is 1.00 e. The van der Waals surface area contributed by atoms with E-state index in [1.165, 1.54) is 71.2 Å². The van der Waals surface area contributed by atoms with Crippen LogP contribution in [0, 0.1) is 0 Å². The van der Waals surface area contributed by atoms with Crippen molar-refractivity contribution in [2.75, 3.05) is 0 Å². The van der Waals surface area contributed by atoms with Crippen LogP contribution < -0.4 is 52.8 Å². The van der Waals surface area contributed by atoms with Crippen LogP contribution in [0.2, 0.25) is 3.34 Å². The monoisotopic (exact) mass is 868 g/mol. The minimum atomic E-state index is -3.10. The van der Waals surface area contributed by atoms with Crippen molar-refractivity contribution in [2.24, 2.45) is 0 Å². The molecule has 0 spiro atoms. The van der Waals surface area contributed by atoms with Crippen molar-refractivity contribution >= 4 is 23.6 Å². The van der Waals surface area contributed by atoms with E-state index in [4.69, 9.17) is 0 Å². The number of benzene rings is 3. The Bertz CT molecular complexity index is 1670. The zero-order valence-electron chi connectivity index (χ0n) is 39.3. The van der Waals surface area contributed by atoms with E-state index in [9.17, 15) is 0 Å². The summed E-state index contributed by atoms with van der Waals surface area (Å²) in [6.07, 6.45) is 0. The van der Waals surface area contributed by atoms with Crippen LogP contribution in [0.1, 0.15) is 186 Å². The van der Waals surface area contributed by atoms with Gasteiger partial charge < -0.3 is 37.2 Å². The van der Waals surface area contributed by atoms with E-state index in [0.29, 0.717) is 0 Å². The molecule has 3 aromatic rings. The van der Waals surface area contributed by atoms with E-state index in [2.05, 4.69) is 227 Å². The van der Waals surface area contributed by atoms with Crippen LogP contribution in [0.3, 0.4) is 0 Å². The Kier molecular flexibility index (Phi) is 15.9. The molecule has 0 unspecified atom stereocenters. The Morgan fingerprint density at radius 1 is 0.339 bits per heavy atom. The zero-order valence-corrected chi connectivity index (χ0v) is 44.2. The third kappa shape index (κ3) is 9.61. The minimum Gasteiger partial charge on any atom is -1.00 e. The number of allylic oxidation sites excluding steroid dienone is 4. The van der Waals surface area contributed by atoms with Gasteiger partial charge in [0.2, 0.25) is 0 Å². The van der Waals surface area contributed by atoms with Crippen molar-refractivity contribution in [3.8, 4) is 0 Å². The Hall–Kier alpha value is -1.06. The van der Waals surface area contributed by atoms with Gasteiger partial charge in [0.1, 0.15) is 0 Å². The second-order valence-corrected chi connectivity index (χ2v) is 28.8. The molecule has 4 rings (SSSR count). The third-order valence-corrected chi connectivity index (χ3v) is 20.9. The minimum absolute atomic E-state index is 0. The van der Waals surface area contributed by atoms with E-state index in [1.807, 2.05) is 0 Å². The molecule has 0 amide bonds. The average Bonchev–Trinajstić information content (AvgIpc) is 3.14. The predicted molar refractivity (Wildman–Crippen MR) is 236 cm³/mol. The number of hydrogen-bond acceptors (Lipinski definition) is 0. The maximum absolute atomic E-state index is 3.10. The van der Waals surface area contributed by atoms with Gasteiger partial charge in [-0.2, -0.15) is 0 Å². The molecular weight excluding hydrogens is 795 g/mol. The van der Waals surface area contributed by atoms with Gasteiger partial charge in [-0.1, -0.05) is 0 Å². The summed E-state index contributed by atoms with van der Waals surface area (Å²) in [5.74, 6) is 0. The number of hydrogen-bond donors (Lipinski definition) is 0.